The first-order chi connectivity index (χ1) is 10.1. The van der Waals surface area contributed by atoms with Crippen molar-refractivity contribution in [3.05, 3.63) is 35.1 Å². The van der Waals surface area contributed by atoms with Crippen LogP contribution in [0.2, 0.25) is 0 Å². The smallest absolute Gasteiger partial charge is 0.327 e. The molecule has 0 unspecified atom stereocenters. The van der Waals surface area contributed by atoms with Gasteiger partial charge in [0.15, 0.2) is 0 Å². The number of nitriles is 1. The zero-order valence-corrected chi connectivity index (χ0v) is 11.8. The molecule has 1 heterocycles. The van der Waals surface area contributed by atoms with Gasteiger partial charge >= 0.3 is 5.97 Å². The Morgan fingerprint density at radius 3 is 3.05 bits per heavy atom. The normalized spacial score (nSPS) is 10.1. The number of carbonyl (C=O) groups excluding carboxylic acids is 1. The first-order valence-corrected chi connectivity index (χ1v) is 6.76. The topological polar surface area (TPSA) is 93.7 Å². The van der Waals surface area contributed by atoms with Gasteiger partial charge in [-0.1, -0.05) is 11.8 Å². The maximum absolute atomic E-state index is 13.3. The molecule has 7 nitrogen and oxygen atoms in total. The van der Waals surface area contributed by atoms with Gasteiger partial charge in [-0.05, 0) is 34.2 Å². The van der Waals surface area contributed by atoms with Crippen molar-refractivity contribution in [1.82, 2.24) is 20.2 Å². The number of thioether (sulfide) groups is 1. The van der Waals surface area contributed by atoms with E-state index in [0.29, 0.717) is 16.5 Å². The summed E-state index contributed by atoms with van der Waals surface area (Å²) in [4.78, 5) is 11.2. The molecule has 0 bridgehead atoms. The van der Waals surface area contributed by atoms with E-state index in [-0.39, 0.29) is 12.1 Å². The van der Waals surface area contributed by atoms with Gasteiger partial charge in [0.25, 0.3) is 0 Å². The van der Waals surface area contributed by atoms with Crippen LogP contribution in [0.1, 0.15) is 11.1 Å². The average Bonchev–Trinajstić information content (AvgIpc) is 2.91. The van der Waals surface area contributed by atoms with Crippen LogP contribution in [-0.4, -0.2) is 33.3 Å². The predicted molar refractivity (Wildman–Crippen MR) is 70.5 cm³/mol. The number of nitrogens with zero attached hydrogens (tertiary/aromatic N) is 5. The molecule has 0 atom stereocenters. The second-order valence-electron chi connectivity index (χ2n) is 3.94. The highest BCUT2D eigenvalue weighted by molar-refractivity contribution is 7.98. The van der Waals surface area contributed by atoms with Gasteiger partial charge in [-0.25, -0.2) is 9.07 Å². The molecule has 1 aromatic heterocycles. The van der Waals surface area contributed by atoms with Crippen molar-refractivity contribution < 1.29 is 13.9 Å². The minimum Gasteiger partial charge on any atom is -0.468 e. The fourth-order valence-electron chi connectivity index (χ4n) is 1.53. The van der Waals surface area contributed by atoms with Crippen molar-refractivity contribution in [2.75, 3.05) is 7.11 Å². The molecule has 0 aliphatic rings. The van der Waals surface area contributed by atoms with Crippen LogP contribution in [0, 0.1) is 17.1 Å². The summed E-state index contributed by atoms with van der Waals surface area (Å²) < 4.78 is 19.1. The molecule has 0 amide bonds. The SMILES string of the molecule is COC(=O)Cn1nnnc1SCc1cc(F)cc(C#N)c1. The highest BCUT2D eigenvalue weighted by atomic mass is 32.2. The van der Waals surface area contributed by atoms with Crippen molar-refractivity contribution in [1.29, 1.82) is 5.26 Å². The van der Waals surface area contributed by atoms with Crippen molar-refractivity contribution >= 4 is 17.7 Å². The van der Waals surface area contributed by atoms with Gasteiger partial charge in [0.05, 0.1) is 18.7 Å². The molecule has 0 saturated carbocycles. The lowest BCUT2D eigenvalue weighted by Crippen LogP contribution is -2.13. The third kappa shape index (κ3) is 4.00. The molecule has 2 aromatic rings. The third-order valence-corrected chi connectivity index (χ3v) is 3.49. The highest BCUT2D eigenvalue weighted by Gasteiger charge is 2.11. The second-order valence-corrected chi connectivity index (χ2v) is 4.89. The summed E-state index contributed by atoms with van der Waals surface area (Å²) in [6, 6.07) is 5.98. The van der Waals surface area contributed by atoms with Crippen LogP contribution in [0.25, 0.3) is 0 Å². The van der Waals surface area contributed by atoms with E-state index in [4.69, 9.17) is 5.26 Å². The summed E-state index contributed by atoms with van der Waals surface area (Å²) in [5.41, 5.74) is 0.879. The lowest BCUT2D eigenvalue weighted by Gasteiger charge is -2.04. The minimum atomic E-state index is -0.473. The lowest BCUT2D eigenvalue weighted by molar-refractivity contribution is -0.141. The first kappa shape index (κ1) is 14.9. The summed E-state index contributed by atoms with van der Waals surface area (Å²) in [6.07, 6.45) is 0. The molecular weight excluding hydrogens is 297 g/mol. The standard InChI is InChI=1S/C12H10FN5O2S/c1-20-11(19)6-18-12(15-16-17-18)21-7-9-2-8(5-14)3-10(13)4-9/h2-4H,6-7H2,1H3. The maximum Gasteiger partial charge on any atom is 0.327 e. The van der Waals surface area contributed by atoms with Crippen molar-refractivity contribution in [2.45, 2.75) is 17.5 Å². The molecule has 0 aliphatic heterocycles. The van der Waals surface area contributed by atoms with E-state index in [1.165, 1.54) is 29.6 Å². The Morgan fingerprint density at radius 2 is 2.33 bits per heavy atom. The molecule has 2 rings (SSSR count). The van der Waals surface area contributed by atoms with Gasteiger partial charge in [0.1, 0.15) is 12.4 Å². The zero-order valence-electron chi connectivity index (χ0n) is 11.0. The molecule has 0 saturated heterocycles. The van der Waals surface area contributed by atoms with Crippen molar-refractivity contribution in [3.8, 4) is 6.07 Å². The number of carbonyl (C=O) groups is 1. The fraction of sp³-hybridized carbons (Fsp3) is 0.250. The monoisotopic (exact) mass is 307 g/mol. The van der Waals surface area contributed by atoms with Gasteiger partial charge in [-0.3, -0.25) is 4.79 Å². The number of methoxy groups -OCH3 is 1. The van der Waals surface area contributed by atoms with Crippen LogP contribution in [0.15, 0.2) is 23.4 Å². The molecule has 0 radical (unpaired) electrons. The van der Waals surface area contributed by atoms with Gasteiger partial charge in [-0.15, -0.1) is 5.10 Å². The number of aromatic nitrogens is 4. The minimum absolute atomic E-state index is 0.0988. The van der Waals surface area contributed by atoms with E-state index in [1.54, 1.807) is 6.07 Å². The van der Waals surface area contributed by atoms with E-state index in [1.807, 2.05) is 6.07 Å². The number of ether oxygens (including phenoxy) is 1. The lowest BCUT2D eigenvalue weighted by atomic mass is 10.1. The van der Waals surface area contributed by atoms with E-state index < -0.39 is 11.8 Å². The second kappa shape index (κ2) is 6.81. The first-order valence-electron chi connectivity index (χ1n) is 5.77. The molecule has 0 N–H and O–H groups in total. The quantitative estimate of drug-likeness (QED) is 0.604. The Hall–Kier alpha value is -2.47. The van der Waals surface area contributed by atoms with E-state index in [0.717, 1.165) is 6.07 Å². The summed E-state index contributed by atoms with van der Waals surface area (Å²) in [7, 11) is 1.27. The van der Waals surface area contributed by atoms with Crippen molar-refractivity contribution in [3.63, 3.8) is 0 Å². The number of tetrazole rings is 1. The van der Waals surface area contributed by atoms with Gasteiger partial charge in [0, 0.05) is 5.75 Å². The number of halogens is 1. The number of benzene rings is 1. The molecular formula is C12H10FN5O2S. The Kier molecular flexibility index (Phi) is 4.84. The molecule has 1 aromatic carbocycles. The van der Waals surface area contributed by atoms with E-state index >= 15 is 0 Å². The Bertz CT molecular complexity index is 697. The number of hydrogen-bond donors (Lipinski definition) is 0. The Labute approximate surface area is 123 Å². The van der Waals surface area contributed by atoms with Crippen LogP contribution < -0.4 is 0 Å². The molecule has 0 aliphatic carbocycles. The predicted octanol–water partition coefficient (Wildman–Crippen LogP) is 1.15. The Balaban J connectivity index is 2.07. The average molecular weight is 307 g/mol. The van der Waals surface area contributed by atoms with Crippen molar-refractivity contribution in [2.24, 2.45) is 0 Å². The summed E-state index contributed by atoms with van der Waals surface area (Å²) in [5, 5.41) is 20.1. The molecule has 21 heavy (non-hydrogen) atoms. The third-order valence-electron chi connectivity index (χ3n) is 2.46. The van der Waals surface area contributed by atoms with Crippen LogP contribution in [0.5, 0.6) is 0 Å². The molecule has 0 fully saturated rings. The summed E-state index contributed by atoms with van der Waals surface area (Å²) in [6.45, 7) is -0.0988. The van der Waals surface area contributed by atoms with Crippen LogP contribution in [0.3, 0.4) is 0 Å². The van der Waals surface area contributed by atoms with E-state index in [2.05, 4.69) is 20.3 Å². The van der Waals surface area contributed by atoms with Crippen LogP contribution >= 0.6 is 11.8 Å². The highest BCUT2D eigenvalue weighted by Crippen LogP contribution is 2.21. The van der Waals surface area contributed by atoms with Crippen LogP contribution in [-0.2, 0) is 21.8 Å². The van der Waals surface area contributed by atoms with Gasteiger partial charge in [-0.2, -0.15) is 5.26 Å². The molecule has 0 spiro atoms. The van der Waals surface area contributed by atoms with Gasteiger partial charge in [0.2, 0.25) is 5.16 Å². The number of hydrogen-bond acceptors (Lipinski definition) is 7. The largest absolute Gasteiger partial charge is 0.468 e. The molecule has 108 valence electrons. The molecule has 9 heteroatoms. The zero-order chi connectivity index (χ0) is 15.2. The van der Waals surface area contributed by atoms with Crippen LogP contribution in [0.4, 0.5) is 4.39 Å². The number of rotatable bonds is 5. The summed E-state index contributed by atoms with van der Waals surface area (Å²) in [5.74, 6) is -0.575. The number of esters is 1. The fourth-order valence-corrected chi connectivity index (χ4v) is 2.34. The summed E-state index contributed by atoms with van der Waals surface area (Å²) >= 11 is 1.23. The van der Waals surface area contributed by atoms with Gasteiger partial charge < -0.3 is 4.74 Å². The van der Waals surface area contributed by atoms with E-state index in [9.17, 15) is 9.18 Å². The Morgan fingerprint density at radius 1 is 1.52 bits per heavy atom. The maximum atomic E-state index is 13.3.